The summed E-state index contributed by atoms with van der Waals surface area (Å²) in [5.41, 5.74) is 12.3. The molecule has 13 nitrogen and oxygen atoms in total. The highest BCUT2D eigenvalue weighted by Crippen LogP contribution is 2.36. The van der Waals surface area contributed by atoms with Gasteiger partial charge in [0, 0.05) is 30.1 Å². The average molecular weight is 735 g/mol. The van der Waals surface area contributed by atoms with Gasteiger partial charge < -0.3 is 21.7 Å². The Labute approximate surface area is 305 Å². The molecule has 2 heterocycles. The second-order valence-corrected chi connectivity index (χ2v) is 13.1. The van der Waals surface area contributed by atoms with Gasteiger partial charge in [0.15, 0.2) is 5.69 Å². The molecular formula is C37H45F3N10O3. The van der Waals surface area contributed by atoms with Gasteiger partial charge >= 0.3 is 6.18 Å². The first-order chi connectivity index (χ1) is 25.4. The second-order valence-electron chi connectivity index (χ2n) is 13.1. The zero-order valence-corrected chi connectivity index (χ0v) is 29.8. The lowest BCUT2D eigenvalue weighted by Gasteiger charge is -2.32. The second kappa shape index (κ2) is 17.6. The summed E-state index contributed by atoms with van der Waals surface area (Å²) in [6.45, 7) is 6.90. The van der Waals surface area contributed by atoms with E-state index in [2.05, 4.69) is 35.8 Å². The summed E-state index contributed by atoms with van der Waals surface area (Å²) in [6.07, 6.45) is -2.06. The first-order valence-corrected chi connectivity index (χ1v) is 17.8. The lowest BCUT2D eigenvalue weighted by atomic mass is 9.81. The number of likely N-dealkylation sites (N-methyl/N-ethyl adjacent to an activating group) is 1. The van der Waals surface area contributed by atoms with Crippen LogP contribution in [0.25, 0.3) is 22.5 Å². The molecule has 282 valence electrons. The Hall–Kier alpha value is -5.06. The number of rotatable bonds is 14. The molecule has 16 heteroatoms. The van der Waals surface area contributed by atoms with Crippen molar-refractivity contribution in [3.8, 4) is 22.5 Å². The summed E-state index contributed by atoms with van der Waals surface area (Å²) in [4.78, 5) is 47.5. The van der Waals surface area contributed by atoms with Crippen molar-refractivity contribution in [1.82, 2.24) is 35.8 Å². The van der Waals surface area contributed by atoms with E-state index in [1.54, 1.807) is 36.4 Å². The largest absolute Gasteiger partial charge is 0.433 e. The van der Waals surface area contributed by atoms with Crippen LogP contribution in [0.4, 0.5) is 18.9 Å². The number of carbonyl (C=O) groups is 3. The summed E-state index contributed by atoms with van der Waals surface area (Å²) >= 11 is 0. The standard InChI is InChI=1S/C37H45F3N10O3/c1-3-49(4-2)20-19-43-34(51)31-18-17-29(32(44-31)37(38,39)40)25-9-5-23(6-10-25)21-30(42)36(53)50(35(52)27-11-7-24(22-41)8-12-27)28-15-13-26(14-16-28)33-45-47-48-46-33/h5-6,9-10,13-18,24,27,30H,3-4,7-8,11-12,19-22,41-42H2,1-2H3,(H,43,51)(H,45,46,47,48)/t24?,27?,30-/m0/s1. The third-order valence-electron chi connectivity index (χ3n) is 9.74. The molecule has 0 saturated heterocycles. The van der Waals surface area contributed by atoms with Crippen LogP contribution in [0.3, 0.4) is 0 Å². The number of aromatic amines is 1. The van der Waals surface area contributed by atoms with Gasteiger partial charge in [0.25, 0.3) is 11.8 Å². The zero-order chi connectivity index (χ0) is 38.1. The fourth-order valence-electron chi connectivity index (χ4n) is 6.55. The van der Waals surface area contributed by atoms with Crippen LogP contribution in [-0.4, -0.2) is 87.0 Å². The molecule has 0 radical (unpaired) electrons. The number of aromatic nitrogens is 5. The number of benzene rings is 2. The third kappa shape index (κ3) is 9.68. The topological polar surface area (TPSA) is 189 Å². The molecule has 1 aliphatic rings. The number of carbonyl (C=O) groups excluding carboxylic acids is 3. The van der Waals surface area contributed by atoms with Gasteiger partial charge in [-0.25, -0.2) is 9.88 Å². The Kier molecular flexibility index (Phi) is 13.0. The van der Waals surface area contributed by atoms with Crippen molar-refractivity contribution in [3.05, 3.63) is 77.6 Å². The molecule has 1 aliphatic carbocycles. The summed E-state index contributed by atoms with van der Waals surface area (Å²) in [7, 11) is 0. The summed E-state index contributed by atoms with van der Waals surface area (Å²) < 4.78 is 42.6. The van der Waals surface area contributed by atoms with Gasteiger partial charge in [0.05, 0.1) is 11.7 Å². The molecule has 1 saturated carbocycles. The molecule has 4 aromatic rings. The van der Waals surface area contributed by atoms with E-state index < -0.39 is 29.7 Å². The molecule has 0 spiro atoms. The monoisotopic (exact) mass is 734 g/mol. The zero-order valence-electron chi connectivity index (χ0n) is 29.8. The Balaban J connectivity index is 1.32. The normalized spacial score (nSPS) is 16.7. The van der Waals surface area contributed by atoms with E-state index in [0.717, 1.165) is 30.8 Å². The number of pyridine rings is 1. The number of tetrazole rings is 1. The minimum atomic E-state index is -4.83. The molecule has 0 aliphatic heterocycles. The molecule has 0 bridgehead atoms. The highest BCUT2D eigenvalue weighted by molar-refractivity contribution is 6.17. The minimum Gasteiger partial charge on any atom is -0.349 e. The van der Waals surface area contributed by atoms with Crippen LogP contribution in [0.15, 0.2) is 60.7 Å². The van der Waals surface area contributed by atoms with Crippen molar-refractivity contribution in [1.29, 1.82) is 0 Å². The van der Waals surface area contributed by atoms with E-state index in [-0.39, 0.29) is 41.6 Å². The molecule has 0 unspecified atom stereocenters. The van der Waals surface area contributed by atoms with Crippen LogP contribution < -0.4 is 21.7 Å². The highest BCUT2D eigenvalue weighted by Gasteiger charge is 2.37. The van der Waals surface area contributed by atoms with Crippen LogP contribution in [0.1, 0.15) is 61.3 Å². The number of nitrogens with zero attached hydrogens (tertiary/aromatic N) is 6. The van der Waals surface area contributed by atoms with Crippen LogP contribution in [-0.2, 0) is 22.2 Å². The summed E-state index contributed by atoms with van der Waals surface area (Å²) in [5, 5.41) is 16.5. The van der Waals surface area contributed by atoms with Gasteiger partial charge in [-0.1, -0.05) is 38.1 Å². The molecule has 1 atom stereocenters. The molecule has 5 rings (SSSR count). The lowest BCUT2D eigenvalue weighted by molar-refractivity contribution is -0.140. The van der Waals surface area contributed by atoms with Crippen molar-refractivity contribution < 1.29 is 27.6 Å². The molecular weight excluding hydrogens is 689 g/mol. The van der Waals surface area contributed by atoms with Gasteiger partial charge in [-0.2, -0.15) is 18.4 Å². The van der Waals surface area contributed by atoms with Gasteiger partial charge in [-0.15, -0.1) is 10.2 Å². The van der Waals surface area contributed by atoms with Crippen molar-refractivity contribution in [2.24, 2.45) is 23.3 Å². The highest BCUT2D eigenvalue weighted by atomic mass is 19.4. The van der Waals surface area contributed by atoms with E-state index >= 15 is 0 Å². The van der Waals surface area contributed by atoms with E-state index in [1.807, 2.05) is 13.8 Å². The van der Waals surface area contributed by atoms with E-state index in [4.69, 9.17) is 11.5 Å². The van der Waals surface area contributed by atoms with E-state index in [9.17, 15) is 27.6 Å². The molecule has 2 aromatic heterocycles. The molecule has 2 aromatic carbocycles. The van der Waals surface area contributed by atoms with Crippen molar-refractivity contribution in [2.45, 2.75) is 58.2 Å². The van der Waals surface area contributed by atoms with Gasteiger partial charge in [0.1, 0.15) is 5.69 Å². The summed E-state index contributed by atoms with van der Waals surface area (Å²) in [5.74, 6) is -1.36. The van der Waals surface area contributed by atoms with Gasteiger partial charge in [-0.3, -0.25) is 14.4 Å². The number of hydrogen-bond donors (Lipinski definition) is 4. The fraction of sp³-hybridized carbons (Fsp3) is 0.432. The number of amides is 3. The predicted octanol–water partition coefficient (Wildman–Crippen LogP) is 4.21. The smallest absolute Gasteiger partial charge is 0.349 e. The van der Waals surface area contributed by atoms with Crippen molar-refractivity contribution in [3.63, 3.8) is 0 Å². The van der Waals surface area contributed by atoms with Crippen LogP contribution in [0, 0.1) is 11.8 Å². The molecule has 6 N–H and O–H groups in total. The number of imide groups is 1. The Morgan fingerprint density at radius 3 is 2.19 bits per heavy atom. The number of hydrogen-bond acceptors (Lipinski definition) is 10. The average Bonchev–Trinajstić information content (AvgIpc) is 3.72. The molecule has 3 amide bonds. The number of anilines is 1. The third-order valence-corrected chi connectivity index (χ3v) is 9.74. The fourth-order valence-corrected chi connectivity index (χ4v) is 6.55. The van der Waals surface area contributed by atoms with Crippen molar-refractivity contribution >= 4 is 23.4 Å². The molecule has 1 fully saturated rings. The quantitative estimate of drug-likeness (QED) is 0.146. The van der Waals surface area contributed by atoms with Crippen LogP contribution in [0.5, 0.6) is 0 Å². The van der Waals surface area contributed by atoms with Crippen molar-refractivity contribution in [2.75, 3.05) is 37.6 Å². The SMILES string of the molecule is CCN(CC)CCNC(=O)c1ccc(-c2ccc(C[C@H](N)C(=O)N(C(=O)C3CCC(CN)CC3)c3ccc(-c4nn[nH]n4)cc3)cc2)c(C(F)(F)F)n1. The Morgan fingerprint density at radius 1 is 0.943 bits per heavy atom. The maximum atomic E-state index is 14.2. The van der Waals surface area contributed by atoms with Crippen LogP contribution >= 0.6 is 0 Å². The predicted molar refractivity (Wildman–Crippen MR) is 193 cm³/mol. The number of halogens is 3. The van der Waals surface area contributed by atoms with Gasteiger partial charge in [-0.05, 0) is 110 Å². The first-order valence-electron chi connectivity index (χ1n) is 17.8. The number of nitrogens with one attached hydrogen (secondary N) is 2. The minimum absolute atomic E-state index is 0.0146. The van der Waals surface area contributed by atoms with E-state index in [1.165, 1.54) is 24.3 Å². The summed E-state index contributed by atoms with van der Waals surface area (Å²) in [6, 6.07) is 14.1. The maximum absolute atomic E-state index is 14.2. The number of alkyl halides is 3. The van der Waals surface area contributed by atoms with E-state index in [0.29, 0.717) is 54.5 Å². The molecule has 53 heavy (non-hydrogen) atoms. The van der Waals surface area contributed by atoms with Gasteiger partial charge in [0.2, 0.25) is 11.7 Å². The Bertz CT molecular complexity index is 1820. The van der Waals surface area contributed by atoms with Crippen LogP contribution in [0.2, 0.25) is 0 Å². The Morgan fingerprint density at radius 2 is 1.60 bits per heavy atom. The first kappa shape index (κ1) is 39.2. The number of H-pyrrole nitrogens is 1. The number of nitrogens with two attached hydrogens (primary N) is 2. The maximum Gasteiger partial charge on any atom is 0.433 e. The lowest BCUT2D eigenvalue weighted by Crippen LogP contribution is -2.50.